The summed E-state index contributed by atoms with van der Waals surface area (Å²) >= 11 is 0. The van der Waals surface area contributed by atoms with Gasteiger partial charge in [0, 0.05) is 24.3 Å². The molecule has 2 aromatic rings. The number of nitriles is 1. The van der Waals surface area contributed by atoms with Gasteiger partial charge in [0.2, 0.25) is 5.88 Å². The van der Waals surface area contributed by atoms with Crippen LogP contribution in [0.2, 0.25) is 0 Å². The molecule has 6 nitrogen and oxygen atoms in total. The first-order chi connectivity index (χ1) is 13.1. The second-order valence-corrected chi connectivity index (χ2v) is 6.85. The summed E-state index contributed by atoms with van der Waals surface area (Å²) in [7, 11) is 0. The lowest BCUT2D eigenvalue weighted by Crippen LogP contribution is -2.66. The van der Waals surface area contributed by atoms with E-state index in [0.717, 1.165) is 6.42 Å². The maximum absolute atomic E-state index is 13.7. The summed E-state index contributed by atoms with van der Waals surface area (Å²) in [5.74, 6) is -0.564. The lowest BCUT2D eigenvalue weighted by atomic mass is 9.81. The maximum atomic E-state index is 13.7. The maximum Gasteiger partial charge on any atom is 0.254 e. The van der Waals surface area contributed by atoms with E-state index in [0.29, 0.717) is 37.4 Å². The fourth-order valence-corrected chi connectivity index (χ4v) is 3.67. The normalized spacial score (nSPS) is 20.1. The summed E-state index contributed by atoms with van der Waals surface area (Å²) < 4.78 is 25.2. The smallest absolute Gasteiger partial charge is 0.254 e. The molecule has 0 aliphatic carbocycles. The van der Waals surface area contributed by atoms with E-state index in [4.69, 9.17) is 14.7 Å². The van der Waals surface area contributed by atoms with E-state index in [1.807, 2.05) is 6.07 Å². The van der Waals surface area contributed by atoms with Crippen molar-refractivity contribution in [3.63, 3.8) is 0 Å². The van der Waals surface area contributed by atoms with E-state index in [9.17, 15) is 9.18 Å². The number of benzene rings is 1. The van der Waals surface area contributed by atoms with Gasteiger partial charge in [-0.3, -0.25) is 4.79 Å². The van der Waals surface area contributed by atoms with Crippen LogP contribution in [0.25, 0.3) is 0 Å². The van der Waals surface area contributed by atoms with Gasteiger partial charge in [-0.2, -0.15) is 5.26 Å². The van der Waals surface area contributed by atoms with Crippen LogP contribution in [-0.4, -0.2) is 47.7 Å². The Bertz CT molecular complexity index is 905. The van der Waals surface area contributed by atoms with Crippen molar-refractivity contribution < 1.29 is 18.7 Å². The van der Waals surface area contributed by atoms with Crippen molar-refractivity contribution in [1.29, 1.82) is 5.26 Å². The molecule has 1 aromatic carbocycles. The Balaban J connectivity index is 1.39. The van der Waals surface area contributed by atoms with Crippen molar-refractivity contribution >= 4 is 5.91 Å². The molecular formula is C20H18FN3O3. The molecule has 4 rings (SSSR count). The number of carbonyl (C=O) groups excluding carboxylic acids is 1. The Morgan fingerprint density at radius 1 is 1.41 bits per heavy atom. The quantitative estimate of drug-likeness (QED) is 0.830. The molecule has 0 bridgehead atoms. The SMILES string of the molecule is N#Cc1cccc(C(=O)N2CC3(C2)OCC[C@@H]3COc2ncccc2F)c1. The third-order valence-electron chi connectivity index (χ3n) is 5.19. The third kappa shape index (κ3) is 3.24. The minimum absolute atomic E-state index is 0.0138. The molecule has 1 spiro atoms. The van der Waals surface area contributed by atoms with Crippen molar-refractivity contribution in [2.24, 2.45) is 5.92 Å². The van der Waals surface area contributed by atoms with Gasteiger partial charge in [-0.15, -0.1) is 0 Å². The van der Waals surface area contributed by atoms with E-state index in [1.165, 1.54) is 18.3 Å². The van der Waals surface area contributed by atoms with Gasteiger partial charge in [0.25, 0.3) is 5.91 Å². The number of hydrogen-bond acceptors (Lipinski definition) is 5. The Labute approximate surface area is 156 Å². The van der Waals surface area contributed by atoms with Crippen molar-refractivity contribution in [3.05, 3.63) is 59.5 Å². The van der Waals surface area contributed by atoms with E-state index in [1.54, 1.807) is 29.2 Å². The zero-order chi connectivity index (χ0) is 18.9. The average molecular weight is 367 g/mol. The van der Waals surface area contributed by atoms with E-state index in [2.05, 4.69) is 4.98 Å². The highest BCUT2D eigenvalue weighted by molar-refractivity contribution is 5.95. The highest BCUT2D eigenvalue weighted by Crippen LogP contribution is 2.40. The molecule has 27 heavy (non-hydrogen) atoms. The molecule has 2 fully saturated rings. The zero-order valence-corrected chi connectivity index (χ0v) is 14.6. The molecule has 0 N–H and O–H groups in total. The van der Waals surface area contributed by atoms with Crippen LogP contribution < -0.4 is 4.74 Å². The number of hydrogen-bond donors (Lipinski definition) is 0. The molecule has 2 aliphatic heterocycles. The first kappa shape index (κ1) is 17.4. The van der Waals surface area contributed by atoms with Crippen LogP contribution in [0.3, 0.4) is 0 Å². The molecule has 0 unspecified atom stereocenters. The van der Waals surface area contributed by atoms with Gasteiger partial charge in [-0.25, -0.2) is 9.37 Å². The van der Waals surface area contributed by atoms with E-state index in [-0.39, 0.29) is 17.7 Å². The molecule has 3 heterocycles. The number of rotatable bonds is 4. The first-order valence-electron chi connectivity index (χ1n) is 8.78. The Morgan fingerprint density at radius 3 is 3.04 bits per heavy atom. The minimum atomic E-state index is -0.492. The number of nitrogens with zero attached hydrogens (tertiary/aromatic N) is 3. The number of likely N-dealkylation sites (tertiary alicyclic amines) is 1. The second-order valence-electron chi connectivity index (χ2n) is 6.85. The number of amides is 1. The predicted octanol–water partition coefficient (Wildman–Crippen LogP) is 2.40. The largest absolute Gasteiger partial charge is 0.475 e. The van der Waals surface area contributed by atoms with Gasteiger partial charge < -0.3 is 14.4 Å². The Kier molecular flexibility index (Phi) is 4.50. The summed E-state index contributed by atoms with van der Waals surface area (Å²) in [5.41, 5.74) is 0.496. The summed E-state index contributed by atoms with van der Waals surface area (Å²) in [6, 6.07) is 11.5. The van der Waals surface area contributed by atoms with Crippen molar-refractivity contribution in [3.8, 4) is 11.9 Å². The number of pyridine rings is 1. The van der Waals surface area contributed by atoms with Crippen LogP contribution in [0.1, 0.15) is 22.3 Å². The molecule has 138 valence electrons. The fourth-order valence-electron chi connectivity index (χ4n) is 3.67. The number of carbonyl (C=O) groups is 1. The van der Waals surface area contributed by atoms with Crippen LogP contribution in [-0.2, 0) is 4.74 Å². The van der Waals surface area contributed by atoms with Gasteiger partial charge in [0.15, 0.2) is 5.82 Å². The van der Waals surface area contributed by atoms with Crippen LogP contribution in [0.15, 0.2) is 42.6 Å². The van der Waals surface area contributed by atoms with Crippen molar-refractivity contribution in [2.75, 3.05) is 26.3 Å². The lowest BCUT2D eigenvalue weighted by molar-refractivity contribution is -0.122. The first-order valence-corrected chi connectivity index (χ1v) is 8.78. The minimum Gasteiger partial charge on any atom is -0.475 e. The topological polar surface area (TPSA) is 75.5 Å². The van der Waals surface area contributed by atoms with Crippen LogP contribution in [0, 0.1) is 23.1 Å². The third-order valence-corrected chi connectivity index (χ3v) is 5.19. The molecule has 0 radical (unpaired) electrons. The van der Waals surface area contributed by atoms with Crippen molar-refractivity contribution in [2.45, 2.75) is 12.0 Å². The van der Waals surface area contributed by atoms with Gasteiger partial charge in [-0.05, 0) is 36.8 Å². The summed E-state index contributed by atoms with van der Waals surface area (Å²) in [6.07, 6.45) is 2.28. The average Bonchev–Trinajstić information content (AvgIpc) is 3.09. The molecule has 2 saturated heterocycles. The van der Waals surface area contributed by atoms with Crippen LogP contribution in [0.5, 0.6) is 5.88 Å². The second kappa shape index (κ2) is 6.97. The number of ether oxygens (including phenoxy) is 2. The van der Waals surface area contributed by atoms with Crippen LogP contribution >= 0.6 is 0 Å². The van der Waals surface area contributed by atoms with Crippen LogP contribution in [0.4, 0.5) is 4.39 Å². The number of halogens is 1. The summed E-state index contributed by atoms with van der Waals surface area (Å²) in [5, 5.41) is 8.99. The Morgan fingerprint density at radius 2 is 2.26 bits per heavy atom. The molecular weight excluding hydrogens is 349 g/mol. The van der Waals surface area contributed by atoms with Crippen molar-refractivity contribution in [1.82, 2.24) is 9.88 Å². The highest BCUT2D eigenvalue weighted by Gasteiger charge is 2.54. The summed E-state index contributed by atoms with van der Waals surface area (Å²) in [6.45, 7) is 1.80. The van der Waals surface area contributed by atoms with E-state index < -0.39 is 11.4 Å². The lowest BCUT2D eigenvalue weighted by Gasteiger charge is -2.50. The fraction of sp³-hybridized carbons (Fsp3) is 0.350. The predicted molar refractivity (Wildman–Crippen MR) is 93.5 cm³/mol. The molecule has 1 amide bonds. The van der Waals surface area contributed by atoms with Gasteiger partial charge in [0.05, 0.1) is 31.3 Å². The molecule has 1 aromatic heterocycles. The molecule has 0 saturated carbocycles. The van der Waals surface area contributed by atoms with E-state index >= 15 is 0 Å². The number of aromatic nitrogens is 1. The monoisotopic (exact) mass is 367 g/mol. The molecule has 2 aliphatic rings. The summed E-state index contributed by atoms with van der Waals surface area (Å²) in [4.78, 5) is 18.2. The molecule has 1 atom stereocenters. The van der Waals surface area contributed by atoms with Gasteiger partial charge in [-0.1, -0.05) is 6.07 Å². The van der Waals surface area contributed by atoms with Gasteiger partial charge >= 0.3 is 0 Å². The molecule has 7 heteroatoms. The van der Waals surface area contributed by atoms with Gasteiger partial charge in [0.1, 0.15) is 5.60 Å². The zero-order valence-electron chi connectivity index (χ0n) is 14.6. The standard InChI is InChI=1S/C20H18FN3O3/c21-17-5-2-7-23-18(17)26-11-16-6-8-27-20(16)12-24(13-20)19(25)15-4-1-3-14(9-15)10-22/h1-5,7,9,16H,6,8,11-13H2/t16-/m1/s1. The Hall–Kier alpha value is -2.98. The highest BCUT2D eigenvalue weighted by atomic mass is 19.1.